The van der Waals surface area contributed by atoms with Gasteiger partial charge in [0, 0.05) is 21.5 Å². The maximum Gasteiger partial charge on any atom is 0.117 e. The molecule has 2 atom stereocenters. The van der Waals surface area contributed by atoms with E-state index in [2.05, 4.69) is 11.9 Å². The highest BCUT2D eigenvalue weighted by atomic mass is 35.5. The molecule has 3 aliphatic rings. The van der Waals surface area contributed by atoms with Crippen molar-refractivity contribution in [3.63, 3.8) is 0 Å². The molecule has 1 aliphatic carbocycles. The zero-order chi connectivity index (χ0) is 20.7. The van der Waals surface area contributed by atoms with Gasteiger partial charge in [-0.05, 0) is 55.4 Å². The molecule has 3 heterocycles. The molecule has 0 unspecified atom stereocenters. The van der Waals surface area contributed by atoms with Crippen LogP contribution in [0.4, 0.5) is 0 Å². The Hall–Kier alpha value is -1.01. The summed E-state index contributed by atoms with van der Waals surface area (Å²) in [5, 5.41) is 2.63. The molecule has 7 heteroatoms. The monoisotopic (exact) mass is 475 g/mol. The Bertz CT molecular complexity index is 1030. The van der Waals surface area contributed by atoms with Crippen LogP contribution in [0.2, 0.25) is 10.0 Å². The fraction of sp³-hybridized carbons (Fsp3) is 0.435. The zero-order valence-electron chi connectivity index (χ0n) is 16.8. The Balaban J connectivity index is 1.45. The van der Waals surface area contributed by atoms with Crippen molar-refractivity contribution >= 4 is 52.4 Å². The summed E-state index contributed by atoms with van der Waals surface area (Å²) >= 11 is 16.3. The van der Waals surface area contributed by atoms with Gasteiger partial charge in [0.2, 0.25) is 0 Å². The molecule has 0 radical (unpaired) electrons. The van der Waals surface area contributed by atoms with Crippen molar-refractivity contribution in [1.29, 1.82) is 0 Å². The number of hydrogen-bond acceptors (Lipinski definition) is 5. The minimum absolute atomic E-state index is 0.212. The van der Waals surface area contributed by atoms with E-state index in [0.29, 0.717) is 21.7 Å². The number of benzene rings is 1. The molecule has 0 spiro atoms. The standard InChI is InChI=1S/C23H23Cl2N3S2/c1-2-3-10-18-13-6-4-7-14(13)19-20-21(30-22(19)28-18)23(27-12-26-20)29-11-15-16(24)8-5-9-17(15)25/h5,8-9,12,19,22H,2-4,6-7,10-11H2,1H3/t19-,22-/m1/s1. The highest BCUT2D eigenvalue weighted by Crippen LogP contribution is 2.56. The van der Waals surface area contributed by atoms with Gasteiger partial charge in [-0.15, -0.1) is 11.8 Å². The molecule has 2 aromatic rings. The number of rotatable bonds is 6. The summed E-state index contributed by atoms with van der Waals surface area (Å²) in [5.74, 6) is 1.01. The van der Waals surface area contributed by atoms with Gasteiger partial charge in [-0.2, -0.15) is 0 Å². The van der Waals surface area contributed by atoms with Gasteiger partial charge in [0.05, 0.1) is 16.5 Å². The van der Waals surface area contributed by atoms with Crippen LogP contribution in [0.25, 0.3) is 0 Å². The summed E-state index contributed by atoms with van der Waals surface area (Å²) in [4.78, 5) is 15.8. The molecule has 156 valence electrons. The number of allylic oxidation sites excluding steroid dienone is 1. The van der Waals surface area contributed by atoms with Crippen LogP contribution >= 0.6 is 46.7 Å². The third-order valence-corrected chi connectivity index (χ3v) is 9.18. The van der Waals surface area contributed by atoms with Gasteiger partial charge in [0.25, 0.3) is 0 Å². The summed E-state index contributed by atoms with van der Waals surface area (Å²) in [6.07, 6.45) is 8.85. The van der Waals surface area contributed by atoms with Crippen molar-refractivity contribution in [2.24, 2.45) is 4.99 Å². The summed E-state index contributed by atoms with van der Waals surface area (Å²) in [7, 11) is 0. The van der Waals surface area contributed by atoms with Crippen LogP contribution in [0.3, 0.4) is 0 Å². The normalized spacial score (nSPS) is 22.0. The maximum atomic E-state index is 6.37. The van der Waals surface area contributed by atoms with E-state index in [-0.39, 0.29) is 5.37 Å². The Morgan fingerprint density at radius 1 is 1.17 bits per heavy atom. The molecule has 0 fully saturated rings. The first-order valence-corrected chi connectivity index (χ1v) is 13.2. The van der Waals surface area contributed by atoms with E-state index < -0.39 is 0 Å². The SMILES string of the molecule is CCCCC1=N[C@@H]2Sc3c(SCc4c(Cl)cccc4Cl)ncnc3[C@H]2C2=C1CCC2. The molecule has 1 aromatic heterocycles. The van der Waals surface area contributed by atoms with Crippen LogP contribution in [0.5, 0.6) is 0 Å². The number of halogens is 2. The lowest BCUT2D eigenvalue weighted by atomic mass is 9.87. The second-order valence-electron chi connectivity index (χ2n) is 7.90. The van der Waals surface area contributed by atoms with Gasteiger partial charge in [-0.25, -0.2) is 9.97 Å². The van der Waals surface area contributed by atoms with Gasteiger partial charge in [0.1, 0.15) is 16.7 Å². The molecule has 0 saturated heterocycles. The zero-order valence-corrected chi connectivity index (χ0v) is 20.0. The van der Waals surface area contributed by atoms with E-state index >= 15 is 0 Å². The third kappa shape index (κ3) is 3.72. The molecule has 0 N–H and O–H groups in total. The molecule has 1 aromatic carbocycles. The molecular formula is C23H23Cl2N3S2. The van der Waals surface area contributed by atoms with Crippen molar-refractivity contribution < 1.29 is 0 Å². The number of hydrogen-bond donors (Lipinski definition) is 0. The Kier molecular flexibility index (Phi) is 6.16. The number of aromatic nitrogens is 2. The number of thioether (sulfide) groups is 2. The lowest BCUT2D eigenvalue weighted by Gasteiger charge is -2.26. The fourth-order valence-corrected chi connectivity index (χ4v) is 7.87. The highest BCUT2D eigenvalue weighted by molar-refractivity contribution is 8.02. The first-order chi connectivity index (χ1) is 14.7. The molecule has 30 heavy (non-hydrogen) atoms. The van der Waals surface area contributed by atoms with E-state index in [9.17, 15) is 0 Å². The van der Waals surface area contributed by atoms with Crippen LogP contribution in [-0.2, 0) is 5.75 Å². The Morgan fingerprint density at radius 2 is 2.00 bits per heavy atom. The minimum Gasteiger partial charge on any atom is -0.274 e. The predicted molar refractivity (Wildman–Crippen MR) is 128 cm³/mol. The maximum absolute atomic E-state index is 6.37. The number of unbranched alkanes of at least 4 members (excludes halogenated alkanes) is 1. The Morgan fingerprint density at radius 3 is 2.80 bits per heavy atom. The van der Waals surface area contributed by atoms with Crippen LogP contribution in [-0.4, -0.2) is 21.1 Å². The molecule has 0 amide bonds. The van der Waals surface area contributed by atoms with Crippen molar-refractivity contribution in [3.05, 3.63) is 57.0 Å². The number of aliphatic imine (C=N–C) groups is 1. The Labute approximate surface area is 196 Å². The van der Waals surface area contributed by atoms with Crippen LogP contribution in [0.15, 0.2) is 50.6 Å². The van der Waals surface area contributed by atoms with Gasteiger partial charge >= 0.3 is 0 Å². The number of nitrogens with zero attached hydrogens (tertiary/aromatic N) is 3. The second-order valence-corrected chi connectivity index (χ2v) is 10.8. The molecule has 0 bridgehead atoms. The molecular weight excluding hydrogens is 453 g/mol. The van der Waals surface area contributed by atoms with E-state index in [4.69, 9.17) is 33.2 Å². The molecule has 3 nitrogen and oxygen atoms in total. The fourth-order valence-electron chi connectivity index (χ4n) is 4.61. The summed E-state index contributed by atoms with van der Waals surface area (Å²) in [6.45, 7) is 2.25. The minimum atomic E-state index is 0.212. The van der Waals surface area contributed by atoms with Crippen molar-refractivity contribution in [1.82, 2.24) is 9.97 Å². The van der Waals surface area contributed by atoms with Gasteiger partial charge in [-0.3, -0.25) is 4.99 Å². The van der Waals surface area contributed by atoms with Crippen LogP contribution in [0.1, 0.15) is 62.6 Å². The third-order valence-electron chi connectivity index (χ3n) is 6.07. The number of dihydropyridines is 1. The smallest absolute Gasteiger partial charge is 0.117 e. The first-order valence-electron chi connectivity index (χ1n) is 10.5. The number of fused-ring (bicyclic) bond motifs is 4. The quantitative estimate of drug-likeness (QED) is 0.316. The highest BCUT2D eigenvalue weighted by Gasteiger charge is 2.44. The average Bonchev–Trinajstić information content (AvgIpc) is 3.36. The van der Waals surface area contributed by atoms with Crippen LogP contribution < -0.4 is 0 Å². The van der Waals surface area contributed by atoms with E-state index in [1.165, 1.54) is 54.0 Å². The van der Waals surface area contributed by atoms with Gasteiger partial charge in [-0.1, -0.05) is 59.9 Å². The molecule has 0 saturated carbocycles. The largest absolute Gasteiger partial charge is 0.274 e. The lowest BCUT2D eigenvalue weighted by Crippen LogP contribution is -2.21. The second kappa shape index (κ2) is 8.85. The van der Waals surface area contributed by atoms with Gasteiger partial charge in [0.15, 0.2) is 0 Å². The first kappa shape index (κ1) is 20.9. The molecule has 2 aliphatic heterocycles. The summed E-state index contributed by atoms with van der Waals surface area (Å²) < 4.78 is 0. The van der Waals surface area contributed by atoms with Crippen LogP contribution in [0, 0.1) is 0 Å². The van der Waals surface area contributed by atoms with Crippen molar-refractivity contribution in [2.75, 3.05) is 0 Å². The lowest BCUT2D eigenvalue weighted by molar-refractivity contribution is 0.687. The topological polar surface area (TPSA) is 38.1 Å². The van der Waals surface area contributed by atoms with E-state index in [0.717, 1.165) is 17.0 Å². The van der Waals surface area contributed by atoms with Gasteiger partial charge < -0.3 is 0 Å². The summed E-state index contributed by atoms with van der Waals surface area (Å²) in [6, 6.07) is 5.65. The van der Waals surface area contributed by atoms with Crippen molar-refractivity contribution in [3.8, 4) is 0 Å². The molecule has 5 rings (SSSR count). The summed E-state index contributed by atoms with van der Waals surface area (Å²) in [5.41, 5.74) is 6.61. The van der Waals surface area contributed by atoms with Crippen molar-refractivity contribution in [2.45, 2.75) is 72.4 Å². The van der Waals surface area contributed by atoms with E-state index in [1.807, 2.05) is 30.0 Å². The predicted octanol–water partition coefficient (Wildman–Crippen LogP) is 7.72. The average molecular weight is 476 g/mol. The van der Waals surface area contributed by atoms with E-state index in [1.54, 1.807) is 23.7 Å².